The topological polar surface area (TPSA) is 70.4 Å². The third kappa shape index (κ3) is 3.48. The highest BCUT2D eigenvalue weighted by molar-refractivity contribution is 5.88. The molecule has 1 atom stereocenters. The number of hydrogen-bond donors (Lipinski definition) is 0. The number of hydrogen-bond acceptors (Lipinski definition) is 5. The first-order valence-corrected chi connectivity index (χ1v) is 7.94. The van der Waals surface area contributed by atoms with Crippen LogP contribution in [0.15, 0.2) is 42.9 Å². The number of imidazole rings is 1. The maximum atomic E-state index is 12.5. The van der Waals surface area contributed by atoms with Crippen molar-refractivity contribution in [3.8, 4) is 0 Å². The summed E-state index contributed by atoms with van der Waals surface area (Å²) >= 11 is 0. The van der Waals surface area contributed by atoms with Crippen LogP contribution in [0, 0.1) is 0 Å². The summed E-state index contributed by atoms with van der Waals surface area (Å²) in [5.41, 5.74) is 0.791. The average Bonchev–Trinajstić information content (AvgIpc) is 3.16. The van der Waals surface area contributed by atoms with Crippen LogP contribution in [0.5, 0.6) is 0 Å². The quantitative estimate of drug-likeness (QED) is 0.763. The Morgan fingerprint density at radius 3 is 2.62 bits per heavy atom. The summed E-state index contributed by atoms with van der Waals surface area (Å²) < 4.78 is 12.4. The molecular formula is C18H20N2O4. The van der Waals surface area contributed by atoms with E-state index in [1.54, 1.807) is 10.9 Å². The Kier molecular flexibility index (Phi) is 4.38. The van der Waals surface area contributed by atoms with E-state index in [1.165, 1.54) is 13.1 Å². The summed E-state index contributed by atoms with van der Waals surface area (Å²) in [6.45, 7) is 3.45. The summed E-state index contributed by atoms with van der Waals surface area (Å²) in [6, 6.07) is 9.83. The lowest BCUT2D eigenvalue weighted by Crippen LogP contribution is -2.28. The predicted molar refractivity (Wildman–Crippen MR) is 86.5 cm³/mol. The maximum absolute atomic E-state index is 12.5. The maximum Gasteiger partial charge on any atom is 0.357 e. The largest absolute Gasteiger partial charge is 0.462 e. The fourth-order valence-corrected chi connectivity index (χ4v) is 2.56. The first-order chi connectivity index (χ1) is 11.5. The van der Waals surface area contributed by atoms with Crippen LogP contribution in [0.4, 0.5) is 0 Å². The van der Waals surface area contributed by atoms with Crippen LogP contribution >= 0.6 is 0 Å². The van der Waals surface area contributed by atoms with Crippen molar-refractivity contribution in [2.45, 2.75) is 38.3 Å². The number of rotatable bonds is 6. The molecular weight excluding hydrogens is 308 g/mol. The first kappa shape index (κ1) is 16.2. The third-order valence-corrected chi connectivity index (χ3v) is 4.23. The van der Waals surface area contributed by atoms with E-state index in [9.17, 15) is 9.59 Å². The molecule has 0 saturated heterocycles. The van der Waals surface area contributed by atoms with E-state index in [2.05, 4.69) is 4.98 Å². The fraction of sp³-hybridized carbons (Fsp3) is 0.389. The molecule has 0 radical (unpaired) electrons. The van der Waals surface area contributed by atoms with Crippen LogP contribution in [-0.4, -0.2) is 33.7 Å². The molecule has 0 amide bonds. The Balaban J connectivity index is 1.73. The number of carbonyl (C=O) groups excluding carboxylic acids is 2. The monoisotopic (exact) mass is 328 g/mol. The van der Waals surface area contributed by atoms with Gasteiger partial charge in [-0.2, -0.15) is 0 Å². The van der Waals surface area contributed by atoms with E-state index in [0.29, 0.717) is 18.5 Å². The predicted octanol–water partition coefficient (Wildman–Crippen LogP) is 2.74. The van der Waals surface area contributed by atoms with Gasteiger partial charge in [0, 0.05) is 6.92 Å². The first-order valence-electron chi connectivity index (χ1n) is 7.94. The molecule has 0 unspecified atom stereocenters. The van der Waals surface area contributed by atoms with E-state index in [4.69, 9.17) is 9.47 Å². The smallest absolute Gasteiger partial charge is 0.357 e. The van der Waals surface area contributed by atoms with Crippen LogP contribution < -0.4 is 0 Å². The highest BCUT2D eigenvalue weighted by atomic mass is 16.6. The molecule has 24 heavy (non-hydrogen) atoms. The van der Waals surface area contributed by atoms with Crippen molar-refractivity contribution in [3.05, 3.63) is 54.1 Å². The second-order valence-electron chi connectivity index (χ2n) is 6.13. The van der Waals surface area contributed by atoms with Crippen LogP contribution in [0.2, 0.25) is 0 Å². The fourth-order valence-electron chi connectivity index (χ4n) is 2.56. The Hall–Kier alpha value is -2.63. The summed E-state index contributed by atoms with van der Waals surface area (Å²) in [6.07, 6.45) is 4.53. The standard InChI is InChI=1S/C18H20N2O4/c1-13(15-6-4-3-5-7-15)20-12-19-10-16(20)17(22)24-18(8-9-18)11-23-14(2)21/h3-7,10,12-13H,8-9,11H2,1-2H3/t13-/m1/s1. The van der Waals surface area contributed by atoms with E-state index in [1.807, 2.05) is 37.3 Å². The van der Waals surface area contributed by atoms with Gasteiger partial charge in [-0.05, 0) is 25.3 Å². The number of carbonyl (C=O) groups is 2. The average molecular weight is 328 g/mol. The van der Waals surface area contributed by atoms with E-state index in [-0.39, 0.29) is 18.6 Å². The van der Waals surface area contributed by atoms with Crippen LogP contribution in [0.25, 0.3) is 0 Å². The molecule has 0 spiro atoms. The second kappa shape index (κ2) is 6.47. The summed E-state index contributed by atoms with van der Waals surface area (Å²) in [5, 5.41) is 0. The summed E-state index contributed by atoms with van der Waals surface area (Å²) in [5.74, 6) is -0.819. The molecule has 1 aromatic heterocycles. The molecule has 0 bridgehead atoms. The minimum absolute atomic E-state index is 0.0418. The zero-order valence-corrected chi connectivity index (χ0v) is 13.8. The van der Waals surface area contributed by atoms with Crippen molar-refractivity contribution in [1.82, 2.24) is 9.55 Å². The zero-order chi connectivity index (χ0) is 17.2. The molecule has 0 aliphatic heterocycles. The molecule has 1 fully saturated rings. The molecule has 6 heteroatoms. The van der Waals surface area contributed by atoms with Crippen LogP contribution in [-0.2, 0) is 14.3 Å². The van der Waals surface area contributed by atoms with Gasteiger partial charge in [0.2, 0.25) is 0 Å². The molecule has 1 aliphatic rings. The molecule has 3 rings (SSSR count). The van der Waals surface area contributed by atoms with E-state index >= 15 is 0 Å². The Morgan fingerprint density at radius 2 is 2.00 bits per heavy atom. The molecule has 126 valence electrons. The zero-order valence-electron chi connectivity index (χ0n) is 13.8. The number of aromatic nitrogens is 2. The van der Waals surface area contributed by atoms with Crippen molar-refractivity contribution in [1.29, 1.82) is 0 Å². The van der Waals surface area contributed by atoms with Gasteiger partial charge in [-0.15, -0.1) is 0 Å². The summed E-state index contributed by atoms with van der Waals surface area (Å²) in [7, 11) is 0. The second-order valence-corrected chi connectivity index (χ2v) is 6.13. The molecule has 1 heterocycles. The highest BCUT2D eigenvalue weighted by Crippen LogP contribution is 2.40. The lowest BCUT2D eigenvalue weighted by Gasteiger charge is -2.19. The van der Waals surface area contributed by atoms with Gasteiger partial charge in [-0.25, -0.2) is 9.78 Å². The Morgan fingerprint density at radius 1 is 1.29 bits per heavy atom. The van der Waals surface area contributed by atoms with Gasteiger partial charge in [-0.1, -0.05) is 30.3 Å². The van der Waals surface area contributed by atoms with E-state index in [0.717, 1.165) is 5.56 Å². The van der Waals surface area contributed by atoms with Gasteiger partial charge in [0.1, 0.15) is 17.9 Å². The van der Waals surface area contributed by atoms with Gasteiger partial charge < -0.3 is 14.0 Å². The van der Waals surface area contributed by atoms with Crippen molar-refractivity contribution in [2.75, 3.05) is 6.61 Å². The normalized spacial score (nSPS) is 16.2. The molecule has 1 aliphatic carbocycles. The number of nitrogens with zero attached hydrogens (tertiary/aromatic N) is 2. The lowest BCUT2D eigenvalue weighted by molar-refractivity contribution is -0.145. The minimum Gasteiger partial charge on any atom is -0.462 e. The number of ether oxygens (including phenoxy) is 2. The van der Waals surface area contributed by atoms with Crippen LogP contribution in [0.3, 0.4) is 0 Å². The van der Waals surface area contributed by atoms with Crippen LogP contribution in [0.1, 0.15) is 48.8 Å². The van der Waals surface area contributed by atoms with Crippen molar-refractivity contribution in [3.63, 3.8) is 0 Å². The Labute approximate surface area is 140 Å². The van der Waals surface area contributed by atoms with Crippen molar-refractivity contribution in [2.24, 2.45) is 0 Å². The van der Waals surface area contributed by atoms with Crippen molar-refractivity contribution >= 4 is 11.9 Å². The molecule has 0 N–H and O–H groups in total. The molecule has 1 aromatic carbocycles. The molecule has 6 nitrogen and oxygen atoms in total. The van der Waals surface area contributed by atoms with Gasteiger partial charge in [0.15, 0.2) is 0 Å². The highest BCUT2D eigenvalue weighted by Gasteiger charge is 2.48. The van der Waals surface area contributed by atoms with E-state index < -0.39 is 11.6 Å². The lowest BCUT2D eigenvalue weighted by atomic mass is 10.1. The minimum atomic E-state index is -0.673. The van der Waals surface area contributed by atoms with Gasteiger partial charge in [0.25, 0.3) is 0 Å². The molecule has 1 saturated carbocycles. The molecule has 2 aromatic rings. The Bertz CT molecular complexity index is 734. The van der Waals surface area contributed by atoms with Gasteiger partial charge in [-0.3, -0.25) is 4.79 Å². The summed E-state index contributed by atoms with van der Waals surface area (Å²) in [4.78, 5) is 27.6. The van der Waals surface area contributed by atoms with Gasteiger partial charge >= 0.3 is 11.9 Å². The number of benzene rings is 1. The number of esters is 2. The van der Waals surface area contributed by atoms with Gasteiger partial charge in [0.05, 0.1) is 18.6 Å². The third-order valence-electron chi connectivity index (χ3n) is 4.23. The SMILES string of the molecule is CC(=O)OCC1(OC(=O)c2cncn2[C@H](C)c2ccccc2)CC1. The van der Waals surface area contributed by atoms with Crippen molar-refractivity contribution < 1.29 is 19.1 Å².